The maximum atomic E-state index is 11.9. The fourth-order valence-electron chi connectivity index (χ4n) is 2.16. The molecule has 0 fully saturated rings. The van der Waals surface area contributed by atoms with Crippen molar-refractivity contribution in [1.82, 2.24) is 15.1 Å². The van der Waals surface area contributed by atoms with E-state index in [9.17, 15) is 9.59 Å². The summed E-state index contributed by atoms with van der Waals surface area (Å²) in [5.74, 6) is -0.0197. The van der Waals surface area contributed by atoms with Gasteiger partial charge in [0.1, 0.15) is 18.9 Å². The van der Waals surface area contributed by atoms with Gasteiger partial charge in [-0.15, -0.1) is 16.4 Å². The average Bonchev–Trinajstić information content (AvgIpc) is 3.22. The van der Waals surface area contributed by atoms with Gasteiger partial charge in [0, 0.05) is 0 Å². The number of carbonyl (C=O) groups excluding carboxylic acids is 1. The van der Waals surface area contributed by atoms with Crippen molar-refractivity contribution in [2.24, 2.45) is 0 Å². The molecule has 1 N–H and O–H groups in total. The lowest BCUT2D eigenvalue weighted by Gasteiger charge is -2.08. The molecular formula is C17H17N3O4S. The second-order valence-corrected chi connectivity index (χ2v) is 6.27. The number of aryl methyl sites for hydroxylation is 1. The molecule has 1 aromatic carbocycles. The lowest BCUT2D eigenvalue weighted by atomic mass is 10.2. The Hall–Kier alpha value is -2.87. The van der Waals surface area contributed by atoms with E-state index >= 15 is 0 Å². The molecule has 0 spiro atoms. The number of rotatable bonds is 7. The molecule has 2 aromatic heterocycles. The molecule has 0 aliphatic rings. The highest BCUT2D eigenvalue weighted by molar-refractivity contribution is 7.13. The number of hydrogen-bond acceptors (Lipinski definition) is 6. The number of nitrogens with one attached hydrogen (secondary N) is 1. The van der Waals surface area contributed by atoms with Gasteiger partial charge in [0.15, 0.2) is 0 Å². The molecular weight excluding hydrogens is 342 g/mol. The Balaban J connectivity index is 1.47. The van der Waals surface area contributed by atoms with Crippen molar-refractivity contribution in [3.05, 3.63) is 57.9 Å². The maximum absolute atomic E-state index is 11.9. The normalized spacial score (nSPS) is 10.6. The zero-order valence-electron chi connectivity index (χ0n) is 13.6. The topological polar surface area (TPSA) is 86.4 Å². The maximum Gasteiger partial charge on any atom is 0.437 e. The number of amides is 1. The first-order valence-electron chi connectivity index (χ1n) is 7.70. The monoisotopic (exact) mass is 359 g/mol. The van der Waals surface area contributed by atoms with E-state index in [4.69, 9.17) is 9.15 Å². The SMILES string of the molecule is Cc1cccc(OCCNC(=O)Cn2nc(-c3cccs3)oc2=O)c1. The molecule has 0 aliphatic heterocycles. The van der Waals surface area contributed by atoms with Crippen molar-refractivity contribution >= 4 is 17.2 Å². The first kappa shape index (κ1) is 17.0. The van der Waals surface area contributed by atoms with Crippen LogP contribution >= 0.6 is 11.3 Å². The summed E-state index contributed by atoms with van der Waals surface area (Å²) in [4.78, 5) is 24.4. The molecule has 8 heteroatoms. The van der Waals surface area contributed by atoms with Gasteiger partial charge in [0.2, 0.25) is 5.91 Å². The standard InChI is InChI=1S/C17H17N3O4S/c1-12-4-2-5-13(10-12)23-8-7-18-15(21)11-20-17(22)24-16(19-20)14-6-3-9-25-14/h2-6,9-10H,7-8,11H2,1H3,(H,18,21). The van der Waals surface area contributed by atoms with E-state index in [0.29, 0.717) is 13.2 Å². The summed E-state index contributed by atoms with van der Waals surface area (Å²) in [6.07, 6.45) is 0. The van der Waals surface area contributed by atoms with Gasteiger partial charge in [-0.05, 0) is 36.1 Å². The minimum atomic E-state index is -0.658. The molecule has 7 nitrogen and oxygen atoms in total. The van der Waals surface area contributed by atoms with E-state index in [1.54, 1.807) is 6.07 Å². The average molecular weight is 359 g/mol. The molecule has 25 heavy (non-hydrogen) atoms. The van der Waals surface area contributed by atoms with Crippen LogP contribution in [0.3, 0.4) is 0 Å². The highest BCUT2D eigenvalue weighted by Crippen LogP contribution is 2.20. The van der Waals surface area contributed by atoms with Gasteiger partial charge in [0.05, 0.1) is 11.4 Å². The van der Waals surface area contributed by atoms with Gasteiger partial charge in [-0.25, -0.2) is 4.79 Å². The molecule has 1 amide bonds. The van der Waals surface area contributed by atoms with Crippen LogP contribution < -0.4 is 15.8 Å². The number of nitrogens with zero attached hydrogens (tertiary/aromatic N) is 2. The van der Waals surface area contributed by atoms with Gasteiger partial charge >= 0.3 is 5.76 Å². The minimum Gasteiger partial charge on any atom is -0.492 e. The zero-order valence-corrected chi connectivity index (χ0v) is 14.4. The van der Waals surface area contributed by atoms with E-state index in [1.165, 1.54) is 11.3 Å². The summed E-state index contributed by atoms with van der Waals surface area (Å²) in [5, 5.41) is 8.57. The lowest BCUT2D eigenvalue weighted by Crippen LogP contribution is -2.33. The van der Waals surface area contributed by atoms with E-state index in [0.717, 1.165) is 20.9 Å². The number of aromatic nitrogens is 2. The van der Waals surface area contributed by atoms with Crippen LogP contribution in [0.2, 0.25) is 0 Å². The Kier molecular flexibility index (Phi) is 5.30. The molecule has 130 valence electrons. The van der Waals surface area contributed by atoms with Crippen LogP contribution in [-0.2, 0) is 11.3 Å². The largest absolute Gasteiger partial charge is 0.492 e. The van der Waals surface area contributed by atoms with Crippen molar-refractivity contribution in [2.45, 2.75) is 13.5 Å². The van der Waals surface area contributed by atoms with Crippen molar-refractivity contribution in [2.75, 3.05) is 13.2 Å². The molecule has 0 atom stereocenters. The summed E-state index contributed by atoms with van der Waals surface area (Å²) >= 11 is 1.41. The van der Waals surface area contributed by atoms with Crippen molar-refractivity contribution in [3.63, 3.8) is 0 Å². The van der Waals surface area contributed by atoms with Gasteiger partial charge in [-0.3, -0.25) is 4.79 Å². The smallest absolute Gasteiger partial charge is 0.437 e. The molecule has 0 radical (unpaired) electrons. The van der Waals surface area contributed by atoms with Gasteiger partial charge in [0.25, 0.3) is 5.89 Å². The Labute approximate surface area is 147 Å². The molecule has 0 saturated heterocycles. The summed E-state index contributed by atoms with van der Waals surface area (Å²) in [5.41, 5.74) is 1.11. The van der Waals surface area contributed by atoms with E-state index in [2.05, 4.69) is 10.4 Å². The van der Waals surface area contributed by atoms with Crippen LogP contribution in [0.1, 0.15) is 5.56 Å². The number of ether oxygens (including phenoxy) is 1. The predicted octanol–water partition coefficient (Wildman–Crippen LogP) is 2.07. The fourth-order valence-corrected chi connectivity index (χ4v) is 2.81. The second-order valence-electron chi connectivity index (χ2n) is 5.32. The third-order valence-corrected chi connectivity index (χ3v) is 4.17. The molecule has 2 heterocycles. The second kappa shape index (κ2) is 7.80. The third-order valence-electron chi connectivity index (χ3n) is 3.31. The molecule has 3 rings (SSSR count). The summed E-state index contributed by atoms with van der Waals surface area (Å²) < 4.78 is 11.6. The zero-order chi connectivity index (χ0) is 17.6. The van der Waals surface area contributed by atoms with Crippen molar-refractivity contribution in [1.29, 1.82) is 0 Å². The first-order valence-corrected chi connectivity index (χ1v) is 8.58. The van der Waals surface area contributed by atoms with E-state index < -0.39 is 5.76 Å². The van der Waals surface area contributed by atoms with Crippen LogP contribution in [0.4, 0.5) is 0 Å². The van der Waals surface area contributed by atoms with Crippen LogP contribution in [0.5, 0.6) is 5.75 Å². The highest BCUT2D eigenvalue weighted by atomic mass is 32.1. The van der Waals surface area contributed by atoms with Gasteiger partial charge in [-0.1, -0.05) is 18.2 Å². The van der Waals surface area contributed by atoms with Crippen LogP contribution in [0, 0.1) is 6.92 Å². The molecule has 3 aromatic rings. The predicted molar refractivity (Wildman–Crippen MR) is 93.8 cm³/mol. The van der Waals surface area contributed by atoms with Gasteiger partial charge < -0.3 is 14.5 Å². The summed E-state index contributed by atoms with van der Waals surface area (Å²) in [6.45, 7) is 2.45. The minimum absolute atomic E-state index is 0.196. The Bertz CT molecular complexity index is 899. The van der Waals surface area contributed by atoms with Crippen molar-refractivity contribution < 1.29 is 13.9 Å². The summed E-state index contributed by atoms with van der Waals surface area (Å²) in [6, 6.07) is 11.3. The lowest BCUT2D eigenvalue weighted by molar-refractivity contribution is -0.122. The fraction of sp³-hybridized carbons (Fsp3) is 0.235. The van der Waals surface area contributed by atoms with Crippen molar-refractivity contribution in [3.8, 4) is 16.5 Å². The number of hydrogen-bond donors (Lipinski definition) is 1. The molecule has 0 unspecified atom stereocenters. The Morgan fingerprint density at radius 1 is 1.36 bits per heavy atom. The highest BCUT2D eigenvalue weighted by Gasteiger charge is 2.13. The summed E-state index contributed by atoms with van der Waals surface area (Å²) in [7, 11) is 0. The Morgan fingerprint density at radius 2 is 2.24 bits per heavy atom. The van der Waals surface area contributed by atoms with Gasteiger partial charge in [-0.2, -0.15) is 4.68 Å². The quantitative estimate of drug-likeness (QED) is 0.653. The third kappa shape index (κ3) is 4.57. The molecule has 0 bridgehead atoms. The molecule has 0 aliphatic carbocycles. The molecule has 0 saturated carbocycles. The number of benzene rings is 1. The number of carbonyl (C=O) groups is 1. The first-order chi connectivity index (χ1) is 12.1. The van der Waals surface area contributed by atoms with Crippen LogP contribution in [0.25, 0.3) is 10.8 Å². The van der Waals surface area contributed by atoms with Crippen LogP contribution in [0.15, 0.2) is 51.0 Å². The van der Waals surface area contributed by atoms with Crippen LogP contribution in [-0.4, -0.2) is 28.8 Å². The van der Waals surface area contributed by atoms with E-state index in [-0.39, 0.29) is 18.3 Å². The van der Waals surface area contributed by atoms with E-state index in [1.807, 2.05) is 42.6 Å². The number of thiophene rings is 1. The Morgan fingerprint density at radius 3 is 3.00 bits per heavy atom.